The van der Waals surface area contributed by atoms with Crippen LogP contribution in [0.5, 0.6) is 5.75 Å². The minimum atomic E-state index is -0.715. The number of hydrogen-bond acceptors (Lipinski definition) is 3. The van der Waals surface area contributed by atoms with Crippen molar-refractivity contribution in [3.8, 4) is 5.75 Å². The number of ether oxygens (including phenoxy) is 1. The molecular formula is C21H21ClF2N2O3. The second kappa shape index (κ2) is 8.78. The van der Waals surface area contributed by atoms with Gasteiger partial charge in [0.1, 0.15) is 23.4 Å². The molecule has 0 spiro atoms. The highest BCUT2D eigenvalue weighted by atomic mass is 35.5. The highest BCUT2D eigenvalue weighted by Gasteiger charge is 2.37. The van der Waals surface area contributed by atoms with Gasteiger partial charge in [0.25, 0.3) is 5.91 Å². The standard InChI is InChI=1S/C21H21ClF2N2O3/c1-25(12-13-5-7-15(23)11-17(13)24)21(28)18-4-3-9-26(18)20(27)16-10-14(22)6-8-19(16)29-2/h5-8,10-11,18H,3-4,9,12H2,1-2H3. The van der Waals surface area contributed by atoms with Crippen LogP contribution in [0.4, 0.5) is 8.78 Å². The zero-order valence-corrected chi connectivity index (χ0v) is 16.9. The van der Waals surface area contributed by atoms with Crippen LogP contribution < -0.4 is 4.74 Å². The number of carbonyl (C=O) groups is 2. The van der Waals surface area contributed by atoms with Crippen LogP contribution in [0.1, 0.15) is 28.8 Å². The summed E-state index contributed by atoms with van der Waals surface area (Å²) in [7, 11) is 2.99. The lowest BCUT2D eigenvalue weighted by atomic mass is 10.1. The largest absolute Gasteiger partial charge is 0.496 e. The molecule has 1 aliphatic rings. The van der Waals surface area contributed by atoms with Crippen molar-refractivity contribution < 1.29 is 23.1 Å². The molecule has 1 heterocycles. The van der Waals surface area contributed by atoms with Gasteiger partial charge in [-0.2, -0.15) is 0 Å². The SMILES string of the molecule is COc1ccc(Cl)cc1C(=O)N1CCCC1C(=O)N(C)Cc1ccc(F)cc1F. The first-order valence-corrected chi connectivity index (χ1v) is 9.53. The normalized spacial score (nSPS) is 16.0. The van der Waals surface area contributed by atoms with Gasteiger partial charge in [0.2, 0.25) is 5.91 Å². The van der Waals surface area contributed by atoms with E-state index < -0.39 is 17.7 Å². The summed E-state index contributed by atoms with van der Waals surface area (Å²) in [5.74, 6) is -1.67. The Morgan fingerprint density at radius 1 is 1.24 bits per heavy atom. The summed E-state index contributed by atoms with van der Waals surface area (Å²) >= 11 is 6.03. The first-order chi connectivity index (χ1) is 13.8. The van der Waals surface area contributed by atoms with Crippen LogP contribution in [0.3, 0.4) is 0 Å². The molecule has 1 aliphatic heterocycles. The lowest BCUT2D eigenvalue weighted by Crippen LogP contribution is -2.46. The maximum absolute atomic E-state index is 13.9. The molecule has 8 heteroatoms. The van der Waals surface area contributed by atoms with E-state index in [0.29, 0.717) is 30.2 Å². The number of likely N-dealkylation sites (N-methyl/N-ethyl adjacent to an activating group) is 1. The van der Waals surface area contributed by atoms with Gasteiger partial charge in [0, 0.05) is 36.8 Å². The molecule has 1 fully saturated rings. The molecule has 2 amide bonds. The molecule has 29 heavy (non-hydrogen) atoms. The Kier molecular flexibility index (Phi) is 6.37. The molecule has 1 atom stereocenters. The van der Waals surface area contributed by atoms with Gasteiger partial charge in [-0.3, -0.25) is 9.59 Å². The zero-order chi connectivity index (χ0) is 21.1. The van der Waals surface area contributed by atoms with Crippen LogP contribution in [0, 0.1) is 11.6 Å². The van der Waals surface area contributed by atoms with E-state index in [-0.39, 0.29) is 29.5 Å². The quantitative estimate of drug-likeness (QED) is 0.734. The first kappa shape index (κ1) is 21.0. The van der Waals surface area contributed by atoms with E-state index in [9.17, 15) is 18.4 Å². The van der Waals surface area contributed by atoms with Gasteiger partial charge in [-0.1, -0.05) is 17.7 Å². The van der Waals surface area contributed by atoms with Gasteiger partial charge in [0.05, 0.1) is 12.7 Å². The Bertz CT molecular complexity index is 938. The van der Waals surface area contributed by atoms with Gasteiger partial charge in [-0.05, 0) is 37.1 Å². The van der Waals surface area contributed by atoms with E-state index in [0.717, 1.165) is 12.1 Å². The van der Waals surface area contributed by atoms with Crippen molar-refractivity contribution in [2.45, 2.75) is 25.4 Å². The number of likely N-dealkylation sites (tertiary alicyclic amines) is 1. The Balaban J connectivity index is 1.78. The highest BCUT2D eigenvalue weighted by Crippen LogP contribution is 2.28. The van der Waals surface area contributed by atoms with Crippen LogP contribution in [-0.2, 0) is 11.3 Å². The van der Waals surface area contributed by atoms with Crippen molar-refractivity contribution in [3.63, 3.8) is 0 Å². The molecule has 0 saturated carbocycles. The lowest BCUT2D eigenvalue weighted by Gasteiger charge is -2.28. The van der Waals surface area contributed by atoms with E-state index in [4.69, 9.17) is 16.3 Å². The molecule has 0 bridgehead atoms. The number of methoxy groups -OCH3 is 1. The van der Waals surface area contributed by atoms with E-state index in [1.54, 1.807) is 12.1 Å². The maximum Gasteiger partial charge on any atom is 0.258 e. The number of rotatable bonds is 5. The number of hydrogen-bond donors (Lipinski definition) is 0. The van der Waals surface area contributed by atoms with Crippen LogP contribution in [0.15, 0.2) is 36.4 Å². The van der Waals surface area contributed by atoms with E-state index in [1.807, 2.05) is 0 Å². The van der Waals surface area contributed by atoms with Gasteiger partial charge in [-0.25, -0.2) is 8.78 Å². The van der Waals surface area contributed by atoms with E-state index in [2.05, 4.69) is 0 Å². The number of amides is 2. The minimum absolute atomic E-state index is 0.0238. The lowest BCUT2D eigenvalue weighted by molar-refractivity contribution is -0.134. The molecule has 0 aliphatic carbocycles. The number of carbonyl (C=O) groups excluding carboxylic acids is 2. The van der Waals surface area contributed by atoms with Crippen LogP contribution in [0.25, 0.3) is 0 Å². The predicted molar refractivity (Wildman–Crippen MR) is 105 cm³/mol. The predicted octanol–water partition coefficient (Wildman–Crippen LogP) is 3.89. The summed E-state index contributed by atoms with van der Waals surface area (Å²) in [6, 6.07) is 7.31. The van der Waals surface area contributed by atoms with Crippen molar-refractivity contribution in [1.82, 2.24) is 9.80 Å². The molecule has 1 saturated heterocycles. The summed E-state index contributed by atoms with van der Waals surface area (Å²) < 4.78 is 32.3. The summed E-state index contributed by atoms with van der Waals surface area (Å²) in [6.07, 6.45) is 1.17. The molecule has 1 unspecified atom stereocenters. The molecule has 5 nitrogen and oxygen atoms in total. The monoisotopic (exact) mass is 422 g/mol. The Hall–Kier alpha value is -2.67. The number of nitrogens with zero attached hydrogens (tertiary/aromatic N) is 2. The fourth-order valence-electron chi connectivity index (χ4n) is 3.51. The van der Waals surface area contributed by atoms with Crippen LogP contribution in [-0.4, -0.2) is 48.4 Å². The summed E-state index contributed by atoms with van der Waals surface area (Å²) in [5, 5.41) is 0.389. The fourth-order valence-corrected chi connectivity index (χ4v) is 3.68. The van der Waals surface area contributed by atoms with E-state index in [1.165, 1.54) is 36.1 Å². The number of halogens is 3. The summed E-state index contributed by atoms with van der Waals surface area (Å²) in [4.78, 5) is 28.9. The first-order valence-electron chi connectivity index (χ1n) is 9.15. The Labute approximate surface area is 172 Å². The van der Waals surface area contributed by atoms with Crippen LogP contribution in [0.2, 0.25) is 5.02 Å². The molecule has 154 valence electrons. The fraction of sp³-hybridized carbons (Fsp3) is 0.333. The third kappa shape index (κ3) is 4.50. The third-order valence-corrected chi connectivity index (χ3v) is 5.22. The third-order valence-electron chi connectivity index (χ3n) is 4.99. The maximum atomic E-state index is 13.9. The molecule has 0 radical (unpaired) electrons. The van der Waals surface area contributed by atoms with Gasteiger partial charge in [-0.15, -0.1) is 0 Å². The Morgan fingerprint density at radius 3 is 2.69 bits per heavy atom. The Morgan fingerprint density at radius 2 is 2.00 bits per heavy atom. The smallest absolute Gasteiger partial charge is 0.258 e. The van der Waals surface area contributed by atoms with Gasteiger partial charge >= 0.3 is 0 Å². The molecule has 0 N–H and O–H groups in total. The second-order valence-corrected chi connectivity index (χ2v) is 7.37. The van der Waals surface area contributed by atoms with Crippen molar-refractivity contribution in [1.29, 1.82) is 0 Å². The average Bonchev–Trinajstić information content (AvgIpc) is 3.18. The molecule has 3 rings (SSSR count). The van der Waals surface area contributed by atoms with Gasteiger partial charge in [0.15, 0.2) is 0 Å². The second-order valence-electron chi connectivity index (χ2n) is 6.93. The molecular weight excluding hydrogens is 402 g/mol. The van der Waals surface area contributed by atoms with Crippen molar-refractivity contribution in [2.75, 3.05) is 20.7 Å². The topological polar surface area (TPSA) is 49.9 Å². The highest BCUT2D eigenvalue weighted by molar-refractivity contribution is 6.31. The summed E-state index contributed by atoms with van der Waals surface area (Å²) in [6.45, 7) is 0.396. The molecule has 2 aromatic rings. The average molecular weight is 423 g/mol. The minimum Gasteiger partial charge on any atom is -0.496 e. The van der Waals surface area contributed by atoms with Crippen molar-refractivity contribution in [3.05, 3.63) is 64.2 Å². The summed E-state index contributed by atoms with van der Waals surface area (Å²) in [5.41, 5.74) is 0.488. The van der Waals surface area contributed by atoms with Crippen molar-refractivity contribution in [2.24, 2.45) is 0 Å². The van der Waals surface area contributed by atoms with Crippen LogP contribution >= 0.6 is 11.6 Å². The van der Waals surface area contributed by atoms with E-state index >= 15 is 0 Å². The van der Waals surface area contributed by atoms with Crippen molar-refractivity contribution >= 4 is 23.4 Å². The number of benzene rings is 2. The van der Waals surface area contributed by atoms with Gasteiger partial charge < -0.3 is 14.5 Å². The molecule has 0 aromatic heterocycles. The zero-order valence-electron chi connectivity index (χ0n) is 16.1. The molecule has 2 aromatic carbocycles.